The van der Waals surface area contributed by atoms with Crippen LogP contribution in [0, 0.1) is 0 Å². The Morgan fingerprint density at radius 1 is 0.418 bits per heavy atom. The van der Waals surface area contributed by atoms with Crippen LogP contribution < -0.4 is 0 Å². The second kappa shape index (κ2) is 17.7. The first-order valence-corrected chi connectivity index (χ1v) is 19.4. The van der Waals surface area contributed by atoms with E-state index in [-0.39, 0.29) is 37.7 Å². The van der Waals surface area contributed by atoms with Gasteiger partial charge in [-0.05, 0) is 95.1 Å². The zero-order chi connectivity index (χ0) is 39.6. The maximum Gasteiger partial charge on any atom is 0.232 e. The van der Waals surface area contributed by atoms with E-state index in [0.29, 0.717) is 84.7 Å². The molecule has 2 fully saturated rings. The van der Waals surface area contributed by atoms with Crippen LogP contribution in [0.25, 0.3) is 24.3 Å². The molecular weight excluding hydrogens is 868 g/mol. The summed E-state index contributed by atoms with van der Waals surface area (Å²) in [6, 6.07) is 19.7. The van der Waals surface area contributed by atoms with Crippen molar-refractivity contribution in [2.45, 2.75) is 6.42 Å². The summed E-state index contributed by atoms with van der Waals surface area (Å²) in [5.41, 5.74) is 3.54. The molecule has 4 aromatic rings. The fraction of sp³-hybridized carbons (Fsp3) is 0.122. The van der Waals surface area contributed by atoms with Crippen LogP contribution >= 0.6 is 92.8 Å². The smallest absolute Gasteiger partial charge is 0.232 e. The molecule has 280 valence electrons. The Labute approximate surface area is 357 Å². The zero-order valence-electron chi connectivity index (χ0n) is 28.3. The van der Waals surface area contributed by atoms with Gasteiger partial charge in [-0.1, -0.05) is 117 Å². The average Bonchev–Trinajstić information content (AvgIpc) is 3.14. The molecule has 0 aliphatic carbocycles. The molecule has 0 radical (unpaired) electrons. The van der Waals surface area contributed by atoms with E-state index in [1.807, 2.05) is 0 Å². The van der Waals surface area contributed by atoms with Gasteiger partial charge in [-0.2, -0.15) is 0 Å². The molecule has 2 aliphatic heterocycles. The van der Waals surface area contributed by atoms with E-state index in [4.69, 9.17) is 92.8 Å². The fourth-order valence-corrected chi connectivity index (χ4v) is 7.22. The topological polar surface area (TPSA) is 74.8 Å². The van der Waals surface area contributed by atoms with E-state index in [1.54, 1.807) is 97.1 Å². The Morgan fingerprint density at radius 3 is 0.873 bits per heavy atom. The number of hydrogen-bond acceptors (Lipinski definition) is 4. The number of hydrogen-bond donors (Lipinski definition) is 0. The zero-order valence-corrected chi connectivity index (χ0v) is 34.4. The molecule has 55 heavy (non-hydrogen) atoms. The Hall–Kier alpha value is -3.56. The molecule has 0 aromatic heterocycles. The molecule has 2 amide bonds. The van der Waals surface area contributed by atoms with Gasteiger partial charge in [0.15, 0.2) is 11.6 Å². The number of likely N-dealkylation sites (tertiary alicyclic amines) is 2. The number of halogens is 8. The predicted octanol–water partition coefficient (Wildman–Crippen LogP) is 11.8. The maximum atomic E-state index is 14.0. The third-order valence-corrected chi connectivity index (χ3v) is 11.7. The summed E-state index contributed by atoms with van der Waals surface area (Å²) in [5.74, 6) is -1.65. The lowest BCUT2D eigenvalue weighted by Gasteiger charge is -2.32. The third kappa shape index (κ3) is 10.1. The van der Waals surface area contributed by atoms with Gasteiger partial charge in [0.2, 0.25) is 11.8 Å². The molecule has 0 bridgehead atoms. The van der Waals surface area contributed by atoms with E-state index in [2.05, 4.69) is 0 Å². The molecule has 6 nitrogen and oxygen atoms in total. The van der Waals surface area contributed by atoms with Crippen LogP contribution in [-0.2, 0) is 19.2 Å². The lowest BCUT2D eigenvalue weighted by atomic mass is 9.93. The molecule has 2 saturated heterocycles. The molecule has 0 spiro atoms. The van der Waals surface area contributed by atoms with Crippen LogP contribution in [0.15, 0.2) is 95.1 Å². The Kier molecular flexibility index (Phi) is 13.2. The number of benzene rings is 4. The number of carbonyl (C=O) groups excluding carboxylic acids is 4. The van der Waals surface area contributed by atoms with E-state index in [9.17, 15) is 19.2 Å². The number of Topliss-reactive ketones (excluding diaryl/α,β-unsaturated/α-hetero) is 2. The molecule has 6 rings (SSSR count). The normalized spacial score (nSPS) is 17.9. The lowest BCUT2D eigenvalue weighted by Crippen LogP contribution is -2.46. The molecule has 0 saturated carbocycles. The van der Waals surface area contributed by atoms with Crippen molar-refractivity contribution < 1.29 is 19.2 Å². The highest BCUT2D eigenvalue weighted by atomic mass is 35.5. The number of amides is 2. The number of piperidine rings is 2. The SMILES string of the molecule is O=C1/C(=C\c2ccc(Cl)c(Cl)c2)CN(C(=O)CC(=O)N2C/C(=C\c3ccc(Cl)c(Cl)c3)C(=O)/C(=C/c3ccc(Cl)c(Cl)c3)C2)C/C1=C\c1ccc(Cl)c(Cl)c1. The van der Waals surface area contributed by atoms with Crippen LogP contribution in [0.1, 0.15) is 28.7 Å². The fourth-order valence-electron chi connectivity index (χ4n) is 6.00. The Bertz CT molecular complexity index is 2090. The molecule has 0 unspecified atom stereocenters. The largest absolute Gasteiger partial charge is 0.333 e. The molecular formula is C41H26Cl8N2O4. The summed E-state index contributed by atoms with van der Waals surface area (Å²) in [4.78, 5) is 58.5. The summed E-state index contributed by atoms with van der Waals surface area (Å²) in [6.45, 7) is -0.304. The summed E-state index contributed by atoms with van der Waals surface area (Å²) in [7, 11) is 0. The van der Waals surface area contributed by atoms with Crippen molar-refractivity contribution in [3.63, 3.8) is 0 Å². The quantitative estimate of drug-likeness (QED) is 0.143. The number of nitrogens with zero attached hydrogens (tertiary/aromatic N) is 2. The van der Waals surface area contributed by atoms with Gasteiger partial charge in [0.05, 0.1) is 40.2 Å². The van der Waals surface area contributed by atoms with Crippen molar-refractivity contribution in [3.05, 3.63) is 158 Å². The summed E-state index contributed by atoms with van der Waals surface area (Å²) < 4.78 is 0. The lowest BCUT2D eigenvalue weighted by molar-refractivity contribution is -0.140. The van der Waals surface area contributed by atoms with E-state index < -0.39 is 18.2 Å². The summed E-state index contributed by atoms with van der Waals surface area (Å²) in [6.07, 6.45) is 5.98. The van der Waals surface area contributed by atoms with Gasteiger partial charge in [0.25, 0.3) is 0 Å². The number of rotatable bonds is 6. The highest BCUT2D eigenvalue weighted by molar-refractivity contribution is 6.43. The second-order valence-electron chi connectivity index (χ2n) is 12.7. The Morgan fingerprint density at radius 2 is 0.655 bits per heavy atom. The molecule has 14 heteroatoms. The first kappa shape index (κ1) is 41.1. The predicted molar refractivity (Wildman–Crippen MR) is 226 cm³/mol. The molecule has 2 heterocycles. The van der Waals surface area contributed by atoms with Gasteiger partial charge in [-0.25, -0.2) is 0 Å². The van der Waals surface area contributed by atoms with Gasteiger partial charge in [0, 0.05) is 48.5 Å². The van der Waals surface area contributed by atoms with Gasteiger partial charge in [-0.15, -0.1) is 0 Å². The van der Waals surface area contributed by atoms with Crippen molar-refractivity contribution in [1.29, 1.82) is 0 Å². The second-order valence-corrected chi connectivity index (χ2v) is 16.0. The monoisotopic (exact) mass is 890 g/mol. The van der Waals surface area contributed by atoms with Gasteiger partial charge >= 0.3 is 0 Å². The van der Waals surface area contributed by atoms with E-state index in [0.717, 1.165) is 0 Å². The third-order valence-electron chi connectivity index (χ3n) is 8.76. The average molecular weight is 894 g/mol. The Balaban J connectivity index is 1.31. The van der Waals surface area contributed by atoms with Crippen LogP contribution in [0.2, 0.25) is 40.2 Å². The highest BCUT2D eigenvalue weighted by Crippen LogP contribution is 2.31. The van der Waals surface area contributed by atoms with E-state index in [1.165, 1.54) is 9.80 Å². The first-order chi connectivity index (χ1) is 26.1. The molecule has 4 aromatic carbocycles. The van der Waals surface area contributed by atoms with Crippen molar-refractivity contribution in [2.75, 3.05) is 26.2 Å². The highest BCUT2D eigenvalue weighted by Gasteiger charge is 2.34. The maximum absolute atomic E-state index is 14.0. The molecule has 0 N–H and O–H groups in total. The van der Waals surface area contributed by atoms with Gasteiger partial charge in [-0.3, -0.25) is 19.2 Å². The number of carbonyl (C=O) groups is 4. The number of ketones is 2. The standard InChI is InChI=1S/C41H26Cl8N2O4/c42-30-5-1-22(13-34(30)46)9-26-18-50(19-27(40(26)54)10-23-2-6-31(43)35(47)14-23)38(52)17-39(53)51-20-28(11-24-3-7-32(44)36(48)15-24)41(55)29(21-51)12-25-4-8-33(45)37(49)16-25/h1-16H,17-21H2/b26-9-,27-10+,28-11+,29-12+. The van der Waals surface area contributed by atoms with Crippen LogP contribution in [0.5, 0.6) is 0 Å². The minimum absolute atomic E-state index is 0.0760. The summed E-state index contributed by atoms with van der Waals surface area (Å²) >= 11 is 49.5. The summed E-state index contributed by atoms with van der Waals surface area (Å²) in [5, 5.41) is 2.57. The van der Waals surface area contributed by atoms with Crippen molar-refractivity contribution in [3.8, 4) is 0 Å². The van der Waals surface area contributed by atoms with Crippen LogP contribution in [-0.4, -0.2) is 59.4 Å². The minimum Gasteiger partial charge on any atom is -0.333 e. The minimum atomic E-state index is -0.539. The van der Waals surface area contributed by atoms with Crippen molar-refractivity contribution in [2.24, 2.45) is 0 Å². The van der Waals surface area contributed by atoms with Crippen LogP contribution in [0.4, 0.5) is 0 Å². The van der Waals surface area contributed by atoms with Crippen molar-refractivity contribution in [1.82, 2.24) is 9.80 Å². The molecule has 2 aliphatic rings. The first-order valence-electron chi connectivity index (χ1n) is 16.4. The van der Waals surface area contributed by atoms with Crippen LogP contribution in [0.3, 0.4) is 0 Å². The van der Waals surface area contributed by atoms with E-state index >= 15 is 0 Å². The molecule has 0 atom stereocenters. The van der Waals surface area contributed by atoms with Gasteiger partial charge in [0.1, 0.15) is 6.42 Å². The van der Waals surface area contributed by atoms with Crippen molar-refractivity contribution >= 4 is 140 Å². The van der Waals surface area contributed by atoms with Gasteiger partial charge < -0.3 is 9.80 Å².